The molecule has 134 valence electrons. The summed E-state index contributed by atoms with van der Waals surface area (Å²) in [5, 5.41) is 0. The van der Waals surface area contributed by atoms with Gasteiger partial charge in [0.1, 0.15) is 5.82 Å². The lowest BCUT2D eigenvalue weighted by atomic mass is 10.1. The van der Waals surface area contributed by atoms with E-state index in [4.69, 9.17) is 0 Å². The van der Waals surface area contributed by atoms with Crippen LogP contribution in [0.25, 0.3) is 0 Å². The number of thioether (sulfide) groups is 1. The zero-order valence-electron chi connectivity index (χ0n) is 13.5. The molecule has 0 atom stereocenters. The molecular weight excluding hydrogens is 352 g/mol. The Hall–Kier alpha value is -1.82. The van der Waals surface area contributed by atoms with Crippen LogP contribution >= 0.6 is 11.8 Å². The third-order valence-electron chi connectivity index (χ3n) is 3.75. The van der Waals surface area contributed by atoms with E-state index >= 15 is 0 Å². The number of halogens is 4. The first kappa shape index (κ1) is 19.5. The second kappa shape index (κ2) is 9.04. The molecular formula is C19H18F4OS. The van der Waals surface area contributed by atoms with Gasteiger partial charge >= 0.3 is 6.18 Å². The van der Waals surface area contributed by atoms with E-state index in [2.05, 4.69) is 0 Å². The van der Waals surface area contributed by atoms with Crippen LogP contribution < -0.4 is 0 Å². The summed E-state index contributed by atoms with van der Waals surface area (Å²) < 4.78 is 51.5. The molecule has 0 fully saturated rings. The van der Waals surface area contributed by atoms with Crippen LogP contribution in [0.5, 0.6) is 0 Å². The van der Waals surface area contributed by atoms with E-state index in [0.29, 0.717) is 10.6 Å². The van der Waals surface area contributed by atoms with Crippen LogP contribution in [-0.4, -0.2) is 12.0 Å². The highest BCUT2D eigenvalue weighted by atomic mass is 32.2. The predicted molar refractivity (Wildman–Crippen MR) is 91.5 cm³/mol. The van der Waals surface area contributed by atoms with E-state index in [9.17, 15) is 22.4 Å². The van der Waals surface area contributed by atoms with E-state index in [0.717, 1.165) is 37.3 Å². The standard InChI is InChI=1S/C19H18F4OS/c20-16-8-5-14(6-9-16)4-2-1-3-11-25-17-10-7-15(13-24)18(12-17)19(21,22)23/h5-10,12-13H,1-4,11H2. The zero-order chi connectivity index (χ0) is 18.3. The molecule has 0 heterocycles. The monoisotopic (exact) mass is 370 g/mol. The Morgan fingerprint density at radius 3 is 2.32 bits per heavy atom. The van der Waals surface area contributed by atoms with Crippen molar-refractivity contribution in [2.75, 3.05) is 5.75 Å². The maximum atomic E-state index is 12.9. The van der Waals surface area contributed by atoms with Crippen molar-refractivity contribution in [3.05, 3.63) is 65.0 Å². The summed E-state index contributed by atoms with van der Waals surface area (Å²) in [4.78, 5) is 11.2. The Bertz CT molecular complexity index is 696. The number of hydrogen-bond acceptors (Lipinski definition) is 2. The highest BCUT2D eigenvalue weighted by molar-refractivity contribution is 7.99. The molecule has 2 aromatic rings. The van der Waals surface area contributed by atoms with Crippen molar-refractivity contribution in [1.29, 1.82) is 0 Å². The molecule has 0 spiro atoms. The van der Waals surface area contributed by atoms with Crippen molar-refractivity contribution in [2.45, 2.75) is 36.8 Å². The van der Waals surface area contributed by atoms with Gasteiger partial charge < -0.3 is 0 Å². The minimum Gasteiger partial charge on any atom is -0.298 e. The van der Waals surface area contributed by atoms with Crippen LogP contribution in [0.15, 0.2) is 47.4 Å². The van der Waals surface area contributed by atoms with E-state index in [1.54, 1.807) is 18.2 Å². The van der Waals surface area contributed by atoms with Crippen molar-refractivity contribution in [3.8, 4) is 0 Å². The van der Waals surface area contributed by atoms with E-state index in [1.807, 2.05) is 0 Å². The average molecular weight is 370 g/mol. The SMILES string of the molecule is O=Cc1ccc(SCCCCCc2ccc(F)cc2)cc1C(F)(F)F. The van der Waals surface area contributed by atoms with Crippen LogP contribution in [0.3, 0.4) is 0 Å². The minimum atomic E-state index is -4.53. The molecule has 0 aliphatic rings. The molecule has 25 heavy (non-hydrogen) atoms. The van der Waals surface area contributed by atoms with Gasteiger partial charge in [-0.3, -0.25) is 4.79 Å². The van der Waals surface area contributed by atoms with Crippen molar-refractivity contribution in [2.24, 2.45) is 0 Å². The smallest absolute Gasteiger partial charge is 0.298 e. The highest BCUT2D eigenvalue weighted by Gasteiger charge is 2.33. The largest absolute Gasteiger partial charge is 0.417 e. The minimum absolute atomic E-state index is 0.229. The fraction of sp³-hybridized carbons (Fsp3) is 0.316. The maximum absolute atomic E-state index is 12.9. The predicted octanol–water partition coefficient (Wildman–Crippen LogP) is 6.16. The molecule has 0 aliphatic carbocycles. The summed E-state index contributed by atoms with van der Waals surface area (Å²) >= 11 is 1.35. The molecule has 0 saturated heterocycles. The van der Waals surface area contributed by atoms with Gasteiger partial charge in [0.15, 0.2) is 6.29 Å². The number of unbranched alkanes of at least 4 members (excludes halogenated alkanes) is 2. The summed E-state index contributed by atoms with van der Waals surface area (Å²) in [6, 6.07) is 10.2. The number of aldehydes is 1. The van der Waals surface area contributed by atoms with Crippen LogP contribution in [0.1, 0.15) is 40.7 Å². The summed E-state index contributed by atoms with van der Waals surface area (Å²) in [6.07, 6.45) is -0.665. The van der Waals surface area contributed by atoms with Crippen molar-refractivity contribution >= 4 is 18.0 Å². The van der Waals surface area contributed by atoms with Crippen molar-refractivity contribution in [3.63, 3.8) is 0 Å². The van der Waals surface area contributed by atoms with Gasteiger partial charge in [0.05, 0.1) is 5.56 Å². The molecule has 0 saturated carbocycles. The van der Waals surface area contributed by atoms with Gasteiger partial charge in [-0.2, -0.15) is 13.2 Å². The highest BCUT2D eigenvalue weighted by Crippen LogP contribution is 2.34. The molecule has 0 aromatic heterocycles. The first-order chi connectivity index (χ1) is 11.9. The summed E-state index contributed by atoms with van der Waals surface area (Å²) in [5.74, 6) is 0.459. The Morgan fingerprint density at radius 1 is 0.960 bits per heavy atom. The maximum Gasteiger partial charge on any atom is 0.417 e. The number of carbonyl (C=O) groups is 1. The molecule has 0 bridgehead atoms. The third kappa shape index (κ3) is 6.20. The lowest BCUT2D eigenvalue weighted by molar-refractivity contribution is -0.138. The van der Waals surface area contributed by atoms with Gasteiger partial charge in [0.25, 0.3) is 0 Å². The van der Waals surface area contributed by atoms with Crippen LogP contribution in [-0.2, 0) is 12.6 Å². The van der Waals surface area contributed by atoms with E-state index in [1.165, 1.54) is 30.0 Å². The second-order valence-corrected chi connectivity index (χ2v) is 6.82. The molecule has 0 amide bonds. The molecule has 0 N–H and O–H groups in total. The molecule has 0 aliphatic heterocycles. The van der Waals surface area contributed by atoms with Crippen LogP contribution in [0, 0.1) is 5.82 Å². The topological polar surface area (TPSA) is 17.1 Å². The molecule has 0 unspecified atom stereocenters. The molecule has 0 radical (unpaired) electrons. The van der Waals surface area contributed by atoms with Crippen LogP contribution in [0.2, 0.25) is 0 Å². The Kier molecular flexibility index (Phi) is 7.05. The van der Waals surface area contributed by atoms with Gasteiger partial charge in [0.2, 0.25) is 0 Å². The second-order valence-electron chi connectivity index (χ2n) is 5.65. The molecule has 2 aromatic carbocycles. The number of aryl methyl sites for hydroxylation is 1. The van der Waals surface area contributed by atoms with Gasteiger partial charge in [0, 0.05) is 10.5 Å². The van der Waals surface area contributed by atoms with Gasteiger partial charge in [-0.1, -0.05) is 18.6 Å². The number of rotatable bonds is 8. The van der Waals surface area contributed by atoms with Gasteiger partial charge in [-0.15, -0.1) is 11.8 Å². The Labute approximate surface area is 148 Å². The lowest BCUT2D eigenvalue weighted by Gasteiger charge is -2.11. The summed E-state index contributed by atoms with van der Waals surface area (Å²) in [5.41, 5.74) is -0.145. The van der Waals surface area contributed by atoms with Gasteiger partial charge in [-0.05, 0) is 60.9 Å². The molecule has 2 rings (SSSR count). The van der Waals surface area contributed by atoms with E-state index < -0.39 is 11.7 Å². The summed E-state index contributed by atoms with van der Waals surface area (Å²) in [6.45, 7) is 0. The molecule has 1 nitrogen and oxygen atoms in total. The first-order valence-electron chi connectivity index (χ1n) is 7.94. The fourth-order valence-corrected chi connectivity index (χ4v) is 3.37. The number of hydrogen-bond donors (Lipinski definition) is 0. The fourth-order valence-electron chi connectivity index (χ4n) is 2.42. The number of alkyl halides is 3. The average Bonchev–Trinajstić information content (AvgIpc) is 2.58. The number of benzene rings is 2. The van der Waals surface area contributed by atoms with E-state index in [-0.39, 0.29) is 17.7 Å². The van der Waals surface area contributed by atoms with Gasteiger partial charge in [-0.25, -0.2) is 4.39 Å². The van der Waals surface area contributed by atoms with Crippen molar-refractivity contribution < 1.29 is 22.4 Å². The third-order valence-corrected chi connectivity index (χ3v) is 4.83. The first-order valence-corrected chi connectivity index (χ1v) is 8.92. The summed E-state index contributed by atoms with van der Waals surface area (Å²) in [7, 11) is 0. The van der Waals surface area contributed by atoms with Crippen LogP contribution in [0.4, 0.5) is 17.6 Å². The lowest BCUT2D eigenvalue weighted by Crippen LogP contribution is -2.08. The normalized spacial score (nSPS) is 11.5. The zero-order valence-corrected chi connectivity index (χ0v) is 14.3. The number of carbonyl (C=O) groups excluding carboxylic acids is 1. The molecule has 6 heteroatoms. The Morgan fingerprint density at radius 2 is 1.68 bits per heavy atom. The quantitative estimate of drug-likeness (QED) is 0.239. The Balaban J connectivity index is 1.76. The van der Waals surface area contributed by atoms with Crippen molar-refractivity contribution in [1.82, 2.24) is 0 Å².